The Morgan fingerprint density at radius 2 is 2.22 bits per heavy atom. The first kappa shape index (κ1) is 18.7. The van der Waals surface area contributed by atoms with Gasteiger partial charge in [0, 0.05) is 48.6 Å². The van der Waals surface area contributed by atoms with Crippen molar-refractivity contribution >= 4 is 23.1 Å². The van der Waals surface area contributed by atoms with Crippen molar-refractivity contribution in [3.8, 4) is 0 Å². The second-order valence-corrected chi connectivity index (χ2v) is 8.86. The van der Waals surface area contributed by atoms with Crippen molar-refractivity contribution < 1.29 is 0 Å². The van der Waals surface area contributed by atoms with Crippen LogP contribution in [0.15, 0.2) is 47.2 Å². The molecule has 1 unspecified atom stereocenters. The average molecular weight is 400 g/mol. The van der Waals surface area contributed by atoms with Crippen LogP contribution in [0, 0.1) is 0 Å². The van der Waals surface area contributed by atoms with Gasteiger partial charge >= 0.3 is 0 Å². The van der Waals surface area contributed by atoms with Crippen LogP contribution in [0.4, 0.5) is 0 Å². The molecule has 0 aliphatic carbocycles. The largest absolute Gasteiger partial charge is 0.306 e. The Morgan fingerprint density at radius 1 is 1.26 bits per heavy atom. The molecule has 4 rings (SSSR count). The molecule has 0 radical (unpaired) electrons. The molecule has 1 aliphatic rings. The minimum Gasteiger partial charge on any atom is -0.306 e. The van der Waals surface area contributed by atoms with Gasteiger partial charge in [0.15, 0.2) is 5.16 Å². The molecule has 1 saturated heterocycles. The van der Waals surface area contributed by atoms with Crippen molar-refractivity contribution in [1.82, 2.24) is 24.6 Å². The Labute approximate surface area is 168 Å². The van der Waals surface area contributed by atoms with E-state index in [9.17, 15) is 0 Å². The number of aromatic nitrogens is 4. The van der Waals surface area contributed by atoms with Gasteiger partial charge in [-0.3, -0.25) is 9.88 Å². The van der Waals surface area contributed by atoms with Crippen molar-refractivity contribution in [1.29, 1.82) is 0 Å². The lowest BCUT2D eigenvalue weighted by molar-refractivity contribution is 0.196. The standard InChI is InChI=1S/C20H25N5S2/c1-2-25-19(22-23-20(25)27-15-16-6-3-9-21-12-16)17-7-4-10-24(13-17)14-18-8-5-11-26-18/h3,5-6,8-9,11-12,17H,2,4,7,10,13-15H2,1H3. The van der Waals surface area contributed by atoms with Crippen LogP contribution in [0.25, 0.3) is 0 Å². The highest BCUT2D eigenvalue weighted by molar-refractivity contribution is 7.98. The molecule has 1 aliphatic heterocycles. The summed E-state index contributed by atoms with van der Waals surface area (Å²) < 4.78 is 2.31. The van der Waals surface area contributed by atoms with Gasteiger partial charge in [-0.2, -0.15) is 0 Å². The number of thiophene rings is 1. The first-order valence-corrected chi connectivity index (χ1v) is 11.4. The van der Waals surface area contributed by atoms with Gasteiger partial charge in [0.05, 0.1) is 0 Å². The Kier molecular flexibility index (Phi) is 6.21. The quantitative estimate of drug-likeness (QED) is 0.550. The minimum atomic E-state index is 0.471. The van der Waals surface area contributed by atoms with Gasteiger partial charge in [0.1, 0.15) is 5.82 Å². The van der Waals surface area contributed by atoms with Crippen molar-refractivity contribution in [3.05, 3.63) is 58.3 Å². The third kappa shape index (κ3) is 4.59. The maximum absolute atomic E-state index is 4.61. The summed E-state index contributed by atoms with van der Waals surface area (Å²) >= 11 is 3.60. The summed E-state index contributed by atoms with van der Waals surface area (Å²) in [5.74, 6) is 2.50. The second kappa shape index (κ2) is 8.99. The molecular weight excluding hydrogens is 374 g/mol. The van der Waals surface area contributed by atoms with Crippen LogP contribution in [-0.4, -0.2) is 37.7 Å². The zero-order valence-corrected chi connectivity index (χ0v) is 17.3. The maximum Gasteiger partial charge on any atom is 0.191 e. The fourth-order valence-corrected chi connectivity index (χ4v) is 5.36. The van der Waals surface area contributed by atoms with Crippen LogP contribution >= 0.6 is 23.1 Å². The van der Waals surface area contributed by atoms with Gasteiger partial charge in [-0.05, 0) is 49.4 Å². The summed E-state index contributed by atoms with van der Waals surface area (Å²) in [5.41, 5.74) is 1.22. The van der Waals surface area contributed by atoms with Crippen LogP contribution in [0.3, 0.4) is 0 Å². The summed E-state index contributed by atoms with van der Waals surface area (Å²) in [6.07, 6.45) is 6.16. The molecule has 5 nitrogen and oxygen atoms in total. The van der Waals surface area contributed by atoms with Gasteiger partial charge < -0.3 is 4.57 Å². The molecule has 1 atom stereocenters. The molecule has 0 saturated carbocycles. The highest BCUT2D eigenvalue weighted by Gasteiger charge is 2.26. The van der Waals surface area contributed by atoms with Gasteiger partial charge in [-0.1, -0.05) is 23.9 Å². The summed E-state index contributed by atoms with van der Waals surface area (Å²) in [5, 5.41) is 12.3. The highest BCUT2D eigenvalue weighted by atomic mass is 32.2. The Hall–Kier alpha value is -1.70. The maximum atomic E-state index is 4.61. The molecule has 0 aromatic carbocycles. The number of piperidine rings is 1. The molecule has 27 heavy (non-hydrogen) atoms. The first-order valence-electron chi connectivity index (χ1n) is 9.53. The average Bonchev–Trinajstić information content (AvgIpc) is 3.36. The molecule has 1 fully saturated rings. The molecule has 0 N–H and O–H groups in total. The van der Waals surface area contributed by atoms with E-state index < -0.39 is 0 Å². The normalized spacial score (nSPS) is 18.0. The smallest absolute Gasteiger partial charge is 0.191 e. The number of nitrogens with zero attached hydrogens (tertiary/aromatic N) is 5. The predicted molar refractivity (Wildman–Crippen MR) is 111 cm³/mol. The second-order valence-electron chi connectivity index (χ2n) is 6.89. The van der Waals surface area contributed by atoms with Crippen LogP contribution in [0.2, 0.25) is 0 Å². The molecule has 7 heteroatoms. The zero-order chi connectivity index (χ0) is 18.5. The molecule has 4 heterocycles. The third-order valence-corrected chi connectivity index (χ3v) is 6.88. The van der Waals surface area contributed by atoms with E-state index in [4.69, 9.17) is 0 Å². The van der Waals surface area contributed by atoms with Gasteiger partial charge in [0.2, 0.25) is 0 Å². The summed E-state index contributed by atoms with van der Waals surface area (Å²) in [4.78, 5) is 8.21. The fraction of sp³-hybridized carbons (Fsp3) is 0.450. The van der Waals surface area contributed by atoms with Gasteiger partial charge in [-0.25, -0.2) is 0 Å². The van der Waals surface area contributed by atoms with Crippen molar-refractivity contribution in [2.24, 2.45) is 0 Å². The van der Waals surface area contributed by atoms with Crippen molar-refractivity contribution in [2.75, 3.05) is 13.1 Å². The third-order valence-electron chi connectivity index (χ3n) is 4.98. The number of hydrogen-bond donors (Lipinski definition) is 0. The fourth-order valence-electron chi connectivity index (χ4n) is 3.67. The molecule has 0 bridgehead atoms. The van der Waals surface area contributed by atoms with Crippen LogP contribution < -0.4 is 0 Å². The van der Waals surface area contributed by atoms with E-state index in [1.54, 1.807) is 11.8 Å². The van der Waals surface area contributed by atoms with E-state index >= 15 is 0 Å². The Morgan fingerprint density at radius 3 is 3.00 bits per heavy atom. The summed E-state index contributed by atoms with van der Waals surface area (Å²) in [6.45, 7) is 6.41. The van der Waals surface area contributed by atoms with Crippen molar-refractivity contribution in [2.45, 2.75) is 49.7 Å². The van der Waals surface area contributed by atoms with E-state index in [1.165, 1.54) is 29.8 Å². The zero-order valence-electron chi connectivity index (χ0n) is 15.6. The number of pyridine rings is 1. The van der Waals surface area contributed by atoms with Gasteiger partial charge in [0.25, 0.3) is 0 Å². The predicted octanol–water partition coefficient (Wildman–Crippen LogP) is 4.43. The van der Waals surface area contributed by atoms with Crippen LogP contribution in [0.1, 0.15) is 41.9 Å². The first-order chi connectivity index (χ1) is 13.3. The van der Waals surface area contributed by atoms with E-state index in [-0.39, 0.29) is 0 Å². The Balaban J connectivity index is 1.44. The molecule has 3 aromatic rings. The minimum absolute atomic E-state index is 0.471. The molecule has 0 amide bonds. The van der Waals surface area contributed by atoms with Crippen LogP contribution in [0.5, 0.6) is 0 Å². The Bertz CT molecular complexity index is 831. The van der Waals surface area contributed by atoms with E-state index in [1.807, 2.05) is 29.8 Å². The lowest BCUT2D eigenvalue weighted by atomic mass is 9.97. The topological polar surface area (TPSA) is 46.8 Å². The SMILES string of the molecule is CCn1c(SCc2cccnc2)nnc1C1CCCN(Cc2cccs2)C1. The number of thioether (sulfide) groups is 1. The highest BCUT2D eigenvalue weighted by Crippen LogP contribution is 2.30. The molecule has 0 spiro atoms. The van der Waals surface area contributed by atoms with E-state index in [0.29, 0.717) is 5.92 Å². The summed E-state index contributed by atoms with van der Waals surface area (Å²) in [6, 6.07) is 8.46. The summed E-state index contributed by atoms with van der Waals surface area (Å²) in [7, 11) is 0. The van der Waals surface area contributed by atoms with E-state index in [0.717, 1.165) is 36.4 Å². The van der Waals surface area contributed by atoms with Crippen LogP contribution in [-0.2, 0) is 18.8 Å². The molecule has 142 valence electrons. The number of rotatable bonds is 7. The molecular formula is C20H25N5S2. The number of hydrogen-bond acceptors (Lipinski definition) is 6. The lowest BCUT2D eigenvalue weighted by Gasteiger charge is -2.32. The lowest BCUT2D eigenvalue weighted by Crippen LogP contribution is -2.34. The molecule has 3 aromatic heterocycles. The monoisotopic (exact) mass is 399 g/mol. The van der Waals surface area contributed by atoms with Crippen molar-refractivity contribution in [3.63, 3.8) is 0 Å². The van der Waals surface area contributed by atoms with Gasteiger partial charge in [-0.15, -0.1) is 21.5 Å². The van der Waals surface area contributed by atoms with E-state index in [2.05, 4.69) is 55.2 Å². The number of likely N-dealkylation sites (tertiary alicyclic amines) is 1.